The molecule has 1 aromatic carbocycles. The first kappa shape index (κ1) is 16.1. The number of ketones is 1. The lowest BCUT2D eigenvalue weighted by atomic mass is 9.89. The molecule has 0 aliphatic carbocycles. The van der Waals surface area contributed by atoms with Crippen molar-refractivity contribution in [3.8, 4) is 0 Å². The molecular formula is C18H25N3O2. The number of carbonyl (C=O) groups excluding carboxylic acids is 2. The van der Waals surface area contributed by atoms with Crippen LogP contribution in [0.3, 0.4) is 0 Å². The van der Waals surface area contributed by atoms with E-state index in [9.17, 15) is 9.59 Å². The molecule has 3 rings (SSSR count). The highest BCUT2D eigenvalue weighted by atomic mass is 16.1. The van der Waals surface area contributed by atoms with Crippen molar-refractivity contribution >= 4 is 17.8 Å². The molecule has 0 aromatic heterocycles. The molecule has 1 atom stereocenters. The minimum absolute atomic E-state index is 0.0337. The summed E-state index contributed by atoms with van der Waals surface area (Å²) < 4.78 is 0. The Morgan fingerprint density at radius 1 is 1.17 bits per heavy atom. The molecule has 0 unspecified atom stereocenters. The molecule has 1 aromatic rings. The average Bonchev–Trinajstić information content (AvgIpc) is 3.05. The second-order valence-corrected chi connectivity index (χ2v) is 6.58. The first-order valence-electron chi connectivity index (χ1n) is 8.52. The molecule has 0 saturated carbocycles. The number of anilines is 1. The summed E-state index contributed by atoms with van der Waals surface area (Å²) in [6.45, 7) is 2.69. The molecule has 5 nitrogen and oxygen atoms in total. The van der Waals surface area contributed by atoms with E-state index in [1.807, 2.05) is 24.3 Å². The van der Waals surface area contributed by atoms with E-state index in [2.05, 4.69) is 10.0 Å². The first-order valence-corrected chi connectivity index (χ1v) is 8.52. The number of hydrogen-bond acceptors (Lipinski definition) is 5. The highest BCUT2D eigenvalue weighted by Crippen LogP contribution is 2.26. The van der Waals surface area contributed by atoms with E-state index in [4.69, 9.17) is 5.73 Å². The van der Waals surface area contributed by atoms with E-state index in [1.165, 1.54) is 0 Å². The van der Waals surface area contributed by atoms with E-state index in [0.717, 1.165) is 57.2 Å². The van der Waals surface area contributed by atoms with Gasteiger partial charge in [0.05, 0.1) is 6.04 Å². The second-order valence-electron chi connectivity index (χ2n) is 6.58. The summed E-state index contributed by atoms with van der Waals surface area (Å²) >= 11 is 0. The van der Waals surface area contributed by atoms with Crippen molar-refractivity contribution in [3.05, 3.63) is 29.8 Å². The Labute approximate surface area is 137 Å². The van der Waals surface area contributed by atoms with Gasteiger partial charge in [0.15, 0.2) is 0 Å². The van der Waals surface area contributed by atoms with Crippen LogP contribution in [0.1, 0.15) is 31.2 Å². The summed E-state index contributed by atoms with van der Waals surface area (Å²) in [6, 6.07) is 7.63. The molecule has 23 heavy (non-hydrogen) atoms. The topological polar surface area (TPSA) is 66.6 Å². The number of nitrogens with zero attached hydrogens (tertiary/aromatic N) is 2. The number of nitrogens with two attached hydrogens (primary N) is 1. The van der Waals surface area contributed by atoms with Crippen molar-refractivity contribution in [1.29, 1.82) is 0 Å². The van der Waals surface area contributed by atoms with Crippen LogP contribution in [-0.4, -0.2) is 47.8 Å². The van der Waals surface area contributed by atoms with Crippen LogP contribution in [0.15, 0.2) is 24.3 Å². The Hall–Kier alpha value is -1.72. The fourth-order valence-electron chi connectivity index (χ4n) is 3.74. The lowest BCUT2D eigenvalue weighted by molar-refractivity contribution is -0.129. The van der Waals surface area contributed by atoms with E-state index >= 15 is 0 Å². The van der Waals surface area contributed by atoms with E-state index < -0.39 is 0 Å². The van der Waals surface area contributed by atoms with Crippen LogP contribution >= 0.6 is 0 Å². The normalized spacial score (nSPS) is 23.9. The number of nitrogen functional groups attached to an aromatic ring is 1. The number of rotatable bonds is 5. The van der Waals surface area contributed by atoms with Gasteiger partial charge in [0, 0.05) is 37.7 Å². The molecule has 0 amide bonds. The molecule has 2 heterocycles. The zero-order valence-corrected chi connectivity index (χ0v) is 13.5. The number of hydrogen-bond donors (Lipinski definition) is 1. The minimum Gasteiger partial charge on any atom is -0.398 e. The monoisotopic (exact) mass is 315 g/mol. The largest absolute Gasteiger partial charge is 0.398 e. The number of aldehydes is 1. The highest BCUT2D eigenvalue weighted by Gasteiger charge is 2.33. The first-order chi connectivity index (χ1) is 11.2. The summed E-state index contributed by atoms with van der Waals surface area (Å²) in [5, 5.41) is 4.47. The van der Waals surface area contributed by atoms with E-state index in [-0.39, 0.29) is 17.7 Å². The fourth-order valence-corrected chi connectivity index (χ4v) is 3.74. The van der Waals surface area contributed by atoms with E-state index in [0.29, 0.717) is 12.1 Å². The van der Waals surface area contributed by atoms with Crippen LogP contribution < -0.4 is 5.73 Å². The Balaban J connectivity index is 1.53. The standard InChI is InChI=1S/C18H25N3O2/c19-17-6-2-1-4-15(17)12-18(23)14-7-10-20(11-8-14)21-9-3-5-16(21)13-22/h1-2,4,6,13-14,16H,3,5,7-12,19H2/t16-/m0/s1. The maximum Gasteiger partial charge on any atom is 0.140 e. The molecule has 2 aliphatic rings. The molecule has 5 heteroatoms. The van der Waals surface area contributed by atoms with Crippen LogP contribution in [0.4, 0.5) is 5.69 Å². The Morgan fingerprint density at radius 3 is 2.61 bits per heavy atom. The van der Waals surface area contributed by atoms with Gasteiger partial charge in [-0.1, -0.05) is 18.2 Å². The lowest BCUT2D eigenvalue weighted by Crippen LogP contribution is -2.50. The third-order valence-electron chi connectivity index (χ3n) is 5.14. The molecule has 2 aliphatic heterocycles. The third kappa shape index (κ3) is 3.62. The van der Waals surface area contributed by atoms with Crippen molar-refractivity contribution in [2.24, 2.45) is 5.92 Å². The Morgan fingerprint density at radius 2 is 1.91 bits per heavy atom. The highest BCUT2D eigenvalue weighted by molar-refractivity contribution is 5.84. The van der Waals surface area contributed by atoms with Crippen molar-refractivity contribution < 1.29 is 9.59 Å². The molecule has 0 bridgehead atoms. The number of para-hydroxylation sites is 1. The zero-order chi connectivity index (χ0) is 16.2. The number of benzene rings is 1. The number of carbonyl (C=O) groups is 2. The predicted molar refractivity (Wildman–Crippen MR) is 89.7 cm³/mol. The summed E-state index contributed by atoms with van der Waals surface area (Å²) in [5.74, 6) is 0.402. The second kappa shape index (κ2) is 7.23. The molecule has 2 saturated heterocycles. The van der Waals surface area contributed by atoms with Gasteiger partial charge in [-0.05, 0) is 37.3 Å². The van der Waals surface area contributed by atoms with Gasteiger partial charge in [0.1, 0.15) is 12.1 Å². The van der Waals surface area contributed by atoms with Crippen molar-refractivity contribution in [2.75, 3.05) is 25.4 Å². The van der Waals surface area contributed by atoms with Crippen molar-refractivity contribution in [1.82, 2.24) is 10.0 Å². The van der Waals surface area contributed by atoms with Gasteiger partial charge in [-0.25, -0.2) is 10.0 Å². The maximum absolute atomic E-state index is 12.5. The van der Waals surface area contributed by atoms with Gasteiger partial charge in [0.25, 0.3) is 0 Å². The zero-order valence-electron chi connectivity index (χ0n) is 13.5. The van der Waals surface area contributed by atoms with Gasteiger partial charge in [-0.3, -0.25) is 4.79 Å². The fraction of sp³-hybridized carbons (Fsp3) is 0.556. The lowest BCUT2D eigenvalue weighted by Gasteiger charge is -2.39. The summed E-state index contributed by atoms with van der Waals surface area (Å²) in [7, 11) is 0. The number of Topliss-reactive ketones (excluding diaryl/α,β-unsaturated/α-hetero) is 1. The van der Waals surface area contributed by atoms with Crippen LogP contribution in [0, 0.1) is 5.92 Å². The smallest absolute Gasteiger partial charge is 0.140 e. The molecular weight excluding hydrogens is 290 g/mol. The van der Waals surface area contributed by atoms with Gasteiger partial charge in [-0.15, -0.1) is 0 Å². The van der Waals surface area contributed by atoms with Crippen LogP contribution in [0.2, 0.25) is 0 Å². The van der Waals surface area contributed by atoms with Crippen molar-refractivity contribution in [3.63, 3.8) is 0 Å². The maximum atomic E-state index is 12.5. The predicted octanol–water partition coefficient (Wildman–Crippen LogP) is 1.67. The minimum atomic E-state index is 0.0337. The van der Waals surface area contributed by atoms with Gasteiger partial charge < -0.3 is 10.5 Å². The quantitative estimate of drug-likeness (QED) is 0.661. The van der Waals surface area contributed by atoms with E-state index in [1.54, 1.807) is 0 Å². The molecule has 2 N–H and O–H groups in total. The molecule has 0 radical (unpaired) electrons. The summed E-state index contributed by atoms with van der Waals surface area (Å²) in [4.78, 5) is 23.7. The van der Waals surface area contributed by atoms with Gasteiger partial charge in [0.2, 0.25) is 0 Å². The number of hydrazine groups is 1. The van der Waals surface area contributed by atoms with Crippen molar-refractivity contribution in [2.45, 2.75) is 38.1 Å². The Kier molecular flexibility index (Phi) is 5.08. The molecule has 0 spiro atoms. The molecule has 124 valence electrons. The third-order valence-corrected chi connectivity index (χ3v) is 5.14. The SMILES string of the molecule is Nc1ccccc1CC(=O)C1CCN(N2CCC[C@H]2C=O)CC1. The van der Waals surface area contributed by atoms with Gasteiger partial charge >= 0.3 is 0 Å². The average molecular weight is 315 g/mol. The number of piperidine rings is 1. The van der Waals surface area contributed by atoms with Crippen LogP contribution in [-0.2, 0) is 16.0 Å². The van der Waals surface area contributed by atoms with Crippen LogP contribution in [0.25, 0.3) is 0 Å². The van der Waals surface area contributed by atoms with Gasteiger partial charge in [-0.2, -0.15) is 0 Å². The van der Waals surface area contributed by atoms with Crippen LogP contribution in [0.5, 0.6) is 0 Å². The Bertz CT molecular complexity index is 567. The summed E-state index contributed by atoms with van der Waals surface area (Å²) in [5.41, 5.74) is 7.56. The molecule has 2 fully saturated rings. The summed E-state index contributed by atoms with van der Waals surface area (Å²) in [6.07, 6.45) is 5.26.